The first-order valence-corrected chi connectivity index (χ1v) is 4.68. The molecule has 0 saturated carbocycles. The highest BCUT2D eigenvalue weighted by Gasteiger charge is 2.07. The summed E-state index contributed by atoms with van der Waals surface area (Å²) in [6.07, 6.45) is 5.55. The van der Waals surface area contributed by atoms with Crippen LogP contribution in [0.15, 0.2) is 0 Å². The zero-order valence-corrected chi connectivity index (χ0v) is 8.82. The van der Waals surface area contributed by atoms with Gasteiger partial charge in [0.2, 0.25) is 5.91 Å². The van der Waals surface area contributed by atoms with Gasteiger partial charge in [0.25, 0.3) is 0 Å². The lowest BCUT2D eigenvalue weighted by atomic mass is 10.3. The van der Waals surface area contributed by atoms with Crippen molar-refractivity contribution in [1.29, 1.82) is 0 Å². The predicted octanol–water partition coefficient (Wildman–Crippen LogP) is -0.468. The van der Waals surface area contributed by atoms with Gasteiger partial charge in [-0.3, -0.25) is 14.9 Å². The summed E-state index contributed by atoms with van der Waals surface area (Å²) in [6.45, 7) is 0.991. The van der Waals surface area contributed by atoms with Crippen LogP contribution in [0.3, 0.4) is 0 Å². The molecule has 0 radical (unpaired) electrons. The van der Waals surface area contributed by atoms with Crippen molar-refractivity contribution in [2.24, 2.45) is 0 Å². The van der Waals surface area contributed by atoms with Crippen LogP contribution < -0.4 is 5.32 Å². The highest BCUT2D eigenvalue weighted by Crippen LogP contribution is 1.93. The lowest BCUT2D eigenvalue weighted by Gasteiger charge is -2.16. The zero-order chi connectivity index (χ0) is 11.7. The second kappa shape index (κ2) is 7.83. The van der Waals surface area contributed by atoms with E-state index < -0.39 is 5.97 Å². The number of carboxylic acid groups (broad SMARTS) is 1. The molecule has 0 bridgehead atoms. The van der Waals surface area contributed by atoms with Crippen molar-refractivity contribution < 1.29 is 14.7 Å². The molecule has 5 heteroatoms. The van der Waals surface area contributed by atoms with E-state index in [1.807, 2.05) is 0 Å². The number of carboxylic acids is 1. The van der Waals surface area contributed by atoms with Crippen LogP contribution in [0, 0.1) is 12.3 Å². The number of aliphatic carboxylic acids is 1. The fraction of sp³-hybridized carbons (Fsp3) is 0.600. The van der Waals surface area contributed by atoms with Crippen molar-refractivity contribution in [3.8, 4) is 12.3 Å². The average Bonchev–Trinajstić information content (AvgIpc) is 2.17. The number of terminal acetylenes is 1. The smallest absolute Gasteiger partial charge is 0.303 e. The SMILES string of the molecule is C#CCNCC(=O)N(C)CCCC(=O)O. The van der Waals surface area contributed by atoms with E-state index in [0.29, 0.717) is 19.5 Å². The van der Waals surface area contributed by atoms with Crippen molar-refractivity contribution in [3.63, 3.8) is 0 Å². The van der Waals surface area contributed by atoms with Gasteiger partial charge in [0.05, 0.1) is 13.1 Å². The summed E-state index contributed by atoms with van der Waals surface area (Å²) in [6, 6.07) is 0. The maximum atomic E-state index is 11.3. The van der Waals surface area contributed by atoms with E-state index >= 15 is 0 Å². The minimum atomic E-state index is -0.846. The molecule has 0 atom stereocenters. The van der Waals surface area contributed by atoms with Gasteiger partial charge in [-0.25, -0.2) is 0 Å². The predicted molar refractivity (Wildman–Crippen MR) is 56.2 cm³/mol. The fourth-order valence-corrected chi connectivity index (χ4v) is 0.969. The van der Waals surface area contributed by atoms with E-state index in [1.54, 1.807) is 7.05 Å². The van der Waals surface area contributed by atoms with Gasteiger partial charge in [-0.05, 0) is 6.42 Å². The molecule has 1 amide bonds. The molecular formula is C10H16N2O3. The maximum Gasteiger partial charge on any atom is 0.303 e. The molecular weight excluding hydrogens is 196 g/mol. The molecule has 0 aliphatic rings. The monoisotopic (exact) mass is 212 g/mol. The number of carbonyl (C=O) groups is 2. The van der Waals surface area contributed by atoms with Gasteiger partial charge in [0.15, 0.2) is 0 Å². The molecule has 0 heterocycles. The molecule has 0 aliphatic carbocycles. The molecule has 15 heavy (non-hydrogen) atoms. The van der Waals surface area contributed by atoms with E-state index in [1.165, 1.54) is 4.90 Å². The van der Waals surface area contributed by atoms with Crippen LogP contribution in [0.4, 0.5) is 0 Å². The Hall–Kier alpha value is -1.54. The Kier molecular flexibility index (Phi) is 7.02. The van der Waals surface area contributed by atoms with Crippen LogP contribution in [-0.4, -0.2) is 48.6 Å². The minimum Gasteiger partial charge on any atom is -0.481 e. The van der Waals surface area contributed by atoms with Crippen molar-refractivity contribution in [2.45, 2.75) is 12.8 Å². The molecule has 0 fully saturated rings. The first-order valence-electron chi connectivity index (χ1n) is 4.68. The molecule has 0 unspecified atom stereocenters. The Morgan fingerprint density at radius 2 is 2.20 bits per heavy atom. The summed E-state index contributed by atoms with van der Waals surface area (Å²) in [7, 11) is 1.64. The first kappa shape index (κ1) is 13.5. The third kappa shape index (κ3) is 7.52. The molecule has 84 valence electrons. The minimum absolute atomic E-state index is 0.0788. The Labute approximate surface area is 89.4 Å². The summed E-state index contributed by atoms with van der Waals surface area (Å²) in [5.41, 5.74) is 0. The highest BCUT2D eigenvalue weighted by molar-refractivity contribution is 5.78. The van der Waals surface area contributed by atoms with Gasteiger partial charge in [0, 0.05) is 20.0 Å². The molecule has 0 saturated heterocycles. The van der Waals surface area contributed by atoms with E-state index in [9.17, 15) is 9.59 Å². The Morgan fingerprint density at radius 1 is 1.53 bits per heavy atom. The first-order chi connectivity index (χ1) is 7.07. The van der Waals surface area contributed by atoms with E-state index in [-0.39, 0.29) is 18.9 Å². The molecule has 0 aliphatic heterocycles. The van der Waals surface area contributed by atoms with Crippen molar-refractivity contribution in [2.75, 3.05) is 26.7 Å². The number of hydrogen-bond donors (Lipinski definition) is 2. The van der Waals surface area contributed by atoms with Crippen LogP contribution in [0.5, 0.6) is 0 Å². The van der Waals surface area contributed by atoms with Crippen LogP contribution >= 0.6 is 0 Å². The van der Waals surface area contributed by atoms with Crippen molar-refractivity contribution in [1.82, 2.24) is 10.2 Å². The Balaban J connectivity index is 3.61. The fourth-order valence-electron chi connectivity index (χ4n) is 0.969. The number of carbonyl (C=O) groups excluding carboxylic acids is 1. The van der Waals surface area contributed by atoms with Gasteiger partial charge in [-0.1, -0.05) is 5.92 Å². The Morgan fingerprint density at radius 3 is 2.73 bits per heavy atom. The molecule has 0 aromatic heterocycles. The van der Waals surface area contributed by atoms with Crippen LogP contribution in [0.25, 0.3) is 0 Å². The standard InChI is InChI=1S/C10H16N2O3/c1-3-6-11-8-9(13)12(2)7-4-5-10(14)15/h1,11H,4-8H2,2H3,(H,14,15). The number of hydrogen-bond acceptors (Lipinski definition) is 3. The molecule has 5 nitrogen and oxygen atoms in total. The maximum absolute atomic E-state index is 11.3. The number of amides is 1. The second-order valence-corrected chi connectivity index (χ2v) is 3.12. The van der Waals surface area contributed by atoms with Gasteiger partial charge in [-0.15, -0.1) is 6.42 Å². The summed E-state index contributed by atoms with van der Waals surface area (Å²) in [4.78, 5) is 23.1. The summed E-state index contributed by atoms with van der Waals surface area (Å²) in [5.74, 6) is 1.43. The summed E-state index contributed by atoms with van der Waals surface area (Å²) >= 11 is 0. The molecule has 0 aromatic carbocycles. The lowest BCUT2D eigenvalue weighted by molar-refractivity contribution is -0.137. The molecule has 0 spiro atoms. The van der Waals surface area contributed by atoms with Crippen molar-refractivity contribution in [3.05, 3.63) is 0 Å². The summed E-state index contributed by atoms with van der Waals surface area (Å²) in [5, 5.41) is 11.2. The third-order valence-corrected chi connectivity index (χ3v) is 1.81. The lowest BCUT2D eigenvalue weighted by Crippen LogP contribution is -2.36. The normalized spacial score (nSPS) is 9.33. The van der Waals surface area contributed by atoms with E-state index in [4.69, 9.17) is 11.5 Å². The quantitative estimate of drug-likeness (QED) is 0.442. The number of rotatable bonds is 7. The van der Waals surface area contributed by atoms with Gasteiger partial charge in [-0.2, -0.15) is 0 Å². The van der Waals surface area contributed by atoms with E-state index in [0.717, 1.165) is 0 Å². The van der Waals surface area contributed by atoms with Crippen LogP contribution in [-0.2, 0) is 9.59 Å². The van der Waals surface area contributed by atoms with Gasteiger partial charge < -0.3 is 10.0 Å². The van der Waals surface area contributed by atoms with Gasteiger partial charge in [0.1, 0.15) is 0 Å². The third-order valence-electron chi connectivity index (χ3n) is 1.81. The van der Waals surface area contributed by atoms with Gasteiger partial charge >= 0.3 is 5.97 Å². The number of likely N-dealkylation sites (N-methyl/N-ethyl adjacent to an activating group) is 1. The van der Waals surface area contributed by atoms with E-state index in [2.05, 4.69) is 11.2 Å². The Bertz CT molecular complexity index is 258. The molecule has 0 rings (SSSR count). The van der Waals surface area contributed by atoms with Crippen molar-refractivity contribution >= 4 is 11.9 Å². The topological polar surface area (TPSA) is 69.6 Å². The largest absolute Gasteiger partial charge is 0.481 e. The molecule has 2 N–H and O–H groups in total. The average molecular weight is 212 g/mol. The van der Waals surface area contributed by atoms with Crippen LogP contribution in [0.1, 0.15) is 12.8 Å². The number of nitrogens with zero attached hydrogens (tertiary/aromatic N) is 1. The van der Waals surface area contributed by atoms with Crippen LogP contribution in [0.2, 0.25) is 0 Å². The summed E-state index contributed by atoms with van der Waals surface area (Å²) < 4.78 is 0. The zero-order valence-electron chi connectivity index (χ0n) is 8.82. The second-order valence-electron chi connectivity index (χ2n) is 3.12. The highest BCUT2D eigenvalue weighted by atomic mass is 16.4. The number of nitrogens with one attached hydrogen (secondary N) is 1. The molecule has 0 aromatic rings.